The molecule has 5 nitrogen and oxygen atoms in total. The van der Waals surface area contributed by atoms with Crippen LogP contribution in [0.2, 0.25) is 0 Å². The van der Waals surface area contributed by atoms with Gasteiger partial charge in [-0.25, -0.2) is 0 Å². The summed E-state index contributed by atoms with van der Waals surface area (Å²) in [6.07, 6.45) is 8.79. The Hall–Kier alpha value is -0.650. The number of nitrogens with one attached hydrogen (secondary N) is 1. The predicted molar refractivity (Wildman–Crippen MR) is 98.2 cm³/mol. The molecule has 3 aliphatic heterocycles. The normalized spacial score (nSPS) is 37.0. The molecule has 3 heterocycles. The molecule has 25 heavy (non-hydrogen) atoms. The second kappa shape index (κ2) is 6.50. The highest BCUT2D eigenvalue weighted by molar-refractivity contribution is 5.85. The van der Waals surface area contributed by atoms with Crippen molar-refractivity contribution in [2.75, 3.05) is 26.2 Å². The third-order valence-corrected chi connectivity index (χ3v) is 7.27. The number of hydrogen-bond acceptors (Lipinski definition) is 4. The number of carbonyl (C=O) groups excluding carboxylic acids is 1. The topological polar surface area (TPSA) is 44.8 Å². The van der Waals surface area contributed by atoms with Gasteiger partial charge in [-0.2, -0.15) is 0 Å². The van der Waals surface area contributed by atoms with E-state index in [4.69, 9.17) is 4.74 Å². The van der Waals surface area contributed by atoms with E-state index < -0.39 is 0 Å². The lowest BCUT2D eigenvalue weighted by atomic mass is 9.78. The molecule has 0 radical (unpaired) electrons. The first-order valence-corrected chi connectivity index (χ1v) is 10.4. The SMILES string of the molecule is CC(OC1CCC2(CC2)N(C(C)C)C1)N1CCCC2(CCNC2=O)C1. The van der Waals surface area contributed by atoms with Crippen molar-refractivity contribution in [3.05, 3.63) is 0 Å². The van der Waals surface area contributed by atoms with E-state index in [1.165, 1.54) is 25.7 Å². The van der Waals surface area contributed by atoms with E-state index in [1.54, 1.807) is 0 Å². The van der Waals surface area contributed by atoms with Crippen molar-refractivity contribution in [2.45, 2.75) is 89.6 Å². The van der Waals surface area contributed by atoms with Crippen LogP contribution >= 0.6 is 0 Å². The maximum atomic E-state index is 12.3. The molecule has 1 saturated carbocycles. The number of amides is 1. The predicted octanol–water partition coefficient (Wildman–Crippen LogP) is 2.36. The van der Waals surface area contributed by atoms with Gasteiger partial charge < -0.3 is 10.1 Å². The van der Waals surface area contributed by atoms with Crippen molar-refractivity contribution in [3.8, 4) is 0 Å². The summed E-state index contributed by atoms with van der Waals surface area (Å²) < 4.78 is 6.52. The number of carbonyl (C=O) groups is 1. The zero-order valence-corrected chi connectivity index (χ0v) is 16.2. The van der Waals surface area contributed by atoms with Gasteiger partial charge in [0.05, 0.1) is 11.5 Å². The molecule has 4 rings (SSSR count). The van der Waals surface area contributed by atoms with E-state index in [1.807, 2.05) is 0 Å². The monoisotopic (exact) mass is 349 g/mol. The van der Waals surface area contributed by atoms with Crippen molar-refractivity contribution in [3.63, 3.8) is 0 Å². The summed E-state index contributed by atoms with van der Waals surface area (Å²) in [7, 11) is 0. The molecular weight excluding hydrogens is 314 g/mol. The van der Waals surface area contributed by atoms with Gasteiger partial charge in [0.1, 0.15) is 6.23 Å². The summed E-state index contributed by atoms with van der Waals surface area (Å²) in [5, 5.41) is 3.04. The van der Waals surface area contributed by atoms with Crippen LogP contribution in [-0.4, -0.2) is 65.8 Å². The van der Waals surface area contributed by atoms with Crippen LogP contribution in [0.3, 0.4) is 0 Å². The summed E-state index contributed by atoms with van der Waals surface area (Å²) in [6.45, 7) is 10.7. The summed E-state index contributed by atoms with van der Waals surface area (Å²) >= 11 is 0. The van der Waals surface area contributed by atoms with Crippen molar-refractivity contribution in [1.82, 2.24) is 15.1 Å². The highest BCUT2D eigenvalue weighted by Crippen LogP contribution is 2.49. The fourth-order valence-corrected chi connectivity index (χ4v) is 5.58. The molecule has 1 aliphatic carbocycles. The molecule has 0 bridgehead atoms. The first-order valence-electron chi connectivity index (χ1n) is 10.4. The molecular formula is C20H35N3O2. The van der Waals surface area contributed by atoms with Crippen LogP contribution in [0.4, 0.5) is 0 Å². The molecule has 0 aromatic carbocycles. The van der Waals surface area contributed by atoms with Gasteiger partial charge in [0.25, 0.3) is 0 Å². The molecule has 1 N–H and O–H groups in total. The average Bonchev–Trinajstić information content (AvgIpc) is 3.28. The van der Waals surface area contributed by atoms with E-state index in [9.17, 15) is 4.79 Å². The smallest absolute Gasteiger partial charge is 0.227 e. The van der Waals surface area contributed by atoms with Crippen molar-refractivity contribution >= 4 is 5.91 Å². The Labute approximate surface area is 152 Å². The molecule has 1 amide bonds. The van der Waals surface area contributed by atoms with Gasteiger partial charge in [-0.05, 0) is 65.7 Å². The minimum Gasteiger partial charge on any atom is -0.359 e. The Balaban J connectivity index is 1.35. The third kappa shape index (κ3) is 3.24. The molecule has 4 aliphatic rings. The fourth-order valence-electron chi connectivity index (χ4n) is 5.58. The van der Waals surface area contributed by atoms with Crippen LogP contribution < -0.4 is 5.32 Å². The molecule has 5 heteroatoms. The van der Waals surface area contributed by atoms with Gasteiger partial charge in [0, 0.05) is 37.8 Å². The first-order chi connectivity index (χ1) is 11.9. The summed E-state index contributed by atoms with van der Waals surface area (Å²) in [6, 6.07) is 0.602. The van der Waals surface area contributed by atoms with Gasteiger partial charge >= 0.3 is 0 Å². The van der Waals surface area contributed by atoms with E-state index >= 15 is 0 Å². The lowest BCUT2D eigenvalue weighted by Gasteiger charge is -2.46. The lowest BCUT2D eigenvalue weighted by molar-refractivity contribution is -0.147. The third-order valence-electron chi connectivity index (χ3n) is 7.27. The number of hydrogen-bond donors (Lipinski definition) is 1. The summed E-state index contributed by atoms with van der Waals surface area (Å²) in [4.78, 5) is 17.4. The van der Waals surface area contributed by atoms with Crippen LogP contribution in [0.5, 0.6) is 0 Å². The molecule has 0 aromatic heterocycles. The molecule has 2 spiro atoms. The highest BCUT2D eigenvalue weighted by Gasteiger charge is 2.52. The number of likely N-dealkylation sites (tertiary alicyclic amines) is 2. The van der Waals surface area contributed by atoms with Crippen molar-refractivity contribution in [2.24, 2.45) is 5.41 Å². The van der Waals surface area contributed by atoms with Crippen LogP contribution in [0.1, 0.15) is 65.7 Å². The molecule has 3 saturated heterocycles. The molecule has 3 atom stereocenters. The van der Waals surface area contributed by atoms with Gasteiger partial charge in [0.2, 0.25) is 5.91 Å². The zero-order chi connectivity index (χ0) is 17.7. The minimum atomic E-state index is -0.148. The molecule has 3 unspecified atom stereocenters. The summed E-state index contributed by atoms with van der Waals surface area (Å²) in [5.41, 5.74) is 0.360. The number of piperidine rings is 2. The number of nitrogens with zero attached hydrogens (tertiary/aromatic N) is 2. The maximum absolute atomic E-state index is 12.3. The van der Waals surface area contributed by atoms with Crippen molar-refractivity contribution < 1.29 is 9.53 Å². The largest absolute Gasteiger partial charge is 0.359 e. The standard InChI is InChI=1S/C20H35N3O2/c1-15(2)23-13-17(5-7-20(23)8-9-20)25-16(3)22-12-4-6-19(14-22)10-11-21-18(19)24/h15-17H,4-14H2,1-3H3,(H,21,24). The first kappa shape index (κ1) is 17.7. The Morgan fingerprint density at radius 1 is 1.16 bits per heavy atom. The Morgan fingerprint density at radius 3 is 2.60 bits per heavy atom. The molecule has 0 aromatic rings. The van der Waals surface area contributed by atoms with Gasteiger partial charge in [-0.15, -0.1) is 0 Å². The van der Waals surface area contributed by atoms with Crippen molar-refractivity contribution in [1.29, 1.82) is 0 Å². The highest BCUT2D eigenvalue weighted by atomic mass is 16.5. The van der Waals surface area contributed by atoms with E-state index in [-0.39, 0.29) is 17.6 Å². The summed E-state index contributed by atoms with van der Waals surface area (Å²) in [5.74, 6) is 0.267. The van der Waals surface area contributed by atoms with E-state index in [0.717, 1.165) is 45.4 Å². The van der Waals surface area contributed by atoms with Crippen LogP contribution in [-0.2, 0) is 9.53 Å². The van der Waals surface area contributed by atoms with Crippen LogP contribution in [0, 0.1) is 5.41 Å². The second-order valence-electron chi connectivity index (χ2n) is 9.23. The average molecular weight is 350 g/mol. The Kier molecular flexibility index (Phi) is 4.62. The van der Waals surface area contributed by atoms with Crippen LogP contribution in [0.25, 0.3) is 0 Å². The molecule has 142 valence electrons. The second-order valence-corrected chi connectivity index (χ2v) is 9.23. The number of rotatable bonds is 4. The fraction of sp³-hybridized carbons (Fsp3) is 0.950. The van der Waals surface area contributed by atoms with Gasteiger partial charge in [-0.1, -0.05) is 0 Å². The zero-order valence-electron chi connectivity index (χ0n) is 16.2. The number of ether oxygens (including phenoxy) is 1. The van der Waals surface area contributed by atoms with Crippen LogP contribution in [0.15, 0.2) is 0 Å². The lowest BCUT2D eigenvalue weighted by Crippen LogP contribution is -2.54. The Bertz CT molecular complexity index is 519. The molecule has 4 fully saturated rings. The van der Waals surface area contributed by atoms with Gasteiger partial charge in [-0.3, -0.25) is 14.6 Å². The minimum absolute atomic E-state index is 0.109. The van der Waals surface area contributed by atoms with Gasteiger partial charge in [0.15, 0.2) is 0 Å². The van der Waals surface area contributed by atoms with E-state index in [2.05, 4.69) is 35.9 Å². The quantitative estimate of drug-likeness (QED) is 0.846. The van der Waals surface area contributed by atoms with E-state index in [0.29, 0.717) is 17.7 Å². The maximum Gasteiger partial charge on any atom is 0.227 e. The Morgan fingerprint density at radius 2 is 1.96 bits per heavy atom.